The molecule has 0 saturated carbocycles. The van der Waals surface area contributed by atoms with E-state index in [9.17, 15) is 0 Å². The van der Waals surface area contributed by atoms with Crippen molar-refractivity contribution in [3.05, 3.63) is 79.0 Å². The average molecular weight is 311 g/mol. The molecule has 108 valence electrons. The van der Waals surface area contributed by atoms with E-state index in [1.165, 1.54) is 36.7 Å². The highest BCUT2D eigenvalue weighted by molar-refractivity contribution is 7.22. The van der Waals surface area contributed by atoms with E-state index in [1.807, 2.05) is 17.5 Å². The molecule has 0 aliphatic rings. The molecular formula is C21H13NS. The molecule has 0 radical (unpaired) electrons. The predicted octanol–water partition coefficient (Wildman–Crippen LogP) is 6.27. The number of para-hydroxylation sites is 1. The van der Waals surface area contributed by atoms with Crippen molar-refractivity contribution in [2.45, 2.75) is 0 Å². The summed E-state index contributed by atoms with van der Waals surface area (Å²) in [5.41, 5.74) is 2.30. The first kappa shape index (κ1) is 12.8. The summed E-state index contributed by atoms with van der Waals surface area (Å²) in [5.74, 6) is 0. The Morgan fingerprint density at radius 2 is 1.48 bits per heavy atom. The Morgan fingerprint density at radius 3 is 2.39 bits per heavy atom. The Morgan fingerprint density at radius 1 is 0.696 bits per heavy atom. The van der Waals surface area contributed by atoms with Crippen molar-refractivity contribution < 1.29 is 0 Å². The molecule has 0 N–H and O–H groups in total. The third-order valence-corrected chi connectivity index (χ3v) is 5.46. The van der Waals surface area contributed by atoms with Crippen molar-refractivity contribution in [1.29, 1.82) is 0 Å². The molecule has 0 saturated heterocycles. The van der Waals surface area contributed by atoms with Gasteiger partial charge in [0.15, 0.2) is 0 Å². The summed E-state index contributed by atoms with van der Waals surface area (Å²) in [6, 6.07) is 25.7. The first-order valence-electron chi connectivity index (χ1n) is 7.65. The van der Waals surface area contributed by atoms with Crippen LogP contribution in [0.2, 0.25) is 0 Å². The Bertz CT molecular complexity index is 1140. The number of rotatable bonds is 1. The van der Waals surface area contributed by atoms with E-state index in [-0.39, 0.29) is 0 Å². The highest BCUT2D eigenvalue weighted by atomic mass is 32.1. The van der Waals surface area contributed by atoms with Gasteiger partial charge in [0, 0.05) is 32.1 Å². The number of fused-ring (bicyclic) bond motifs is 4. The van der Waals surface area contributed by atoms with E-state index < -0.39 is 0 Å². The van der Waals surface area contributed by atoms with Gasteiger partial charge >= 0.3 is 0 Å². The SMILES string of the molecule is c1ccc2sc(-c3cccc4c3ncc3ccccc34)cc2c1. The fourth-order valence-corrected chi connectivity index (χ4v) is 4.29. The van der Waals surface area contributed by atoms with Crippen molar-refractivity contribution in [2.75, 3.05) is 0 Å². The van der Waals surface area contributed by atoms with E-state index in [0.717, 1.165) is 5.52 Å². The van der Waals surface area contributed by atoms with Crippen LogP contribution in [0.15, 0.2) is 79.0 Å². The van der Waals surface area contributed by atoms with Crippen LogP contribution in [-0.2, 0) is 0 Å². The Kier molecular flexibility index (Phi) is 2.73. The number of thiophene rings is 1. The second kappa shape index (κ2) is 4.90. The van der Waals surface area contributed by atoms with E-state index in [0.29, 0.717) is 0 Å². The summed E-state index contributed by atoms with van der Waals surface area (Å²) < 4.78 is 1.32. The number of benzene rings is 3. The lowest BCUT2D eigenvalue weighted by Crippen LogP contribution is -1.85. The number of aromatic nitrogens is 1. The van der Waals surface area contributed by atoms with Gasteiger partial charge in [0.05, 0.1) is 5.52 Å². The van der Waals surface area contributed by atoms with Crippen LogP contribution in [-0.4, -0.2) is 4.98 Å². The summed E-state index contributed by atoms with van der Waals surface area (Å²) in [5, 5.41) is 4.97. The Hall–Kier alpha value is -2.71. The predicted molar refractivity (Wildman–Crippen MR) is 100 cm³/mol. The van der Waals surface area contributed by atoms with Crippen LogP contribution in [0.5, 0.6) is 0 Å². The minimum atomic E-state index is 1.08. The Balaban J connectivity index is 1.86. The molecule has 0 spiro atoms. The molecule has 5 aromatic rings. The summed E-state index contributed by atoms with van der Waals surface area (Å²) in [6.07, 6.45) is 1.98. The zero-order valence-electron chi connectivity index (χ0n) is 12.4. The maximum atomic E-state index is 4.76. The molecule has 0 bridgehead atoms. The van der Waals surface area contributed by atoms with Gasteiger partial charge in [-0.1, -0.05) is 60.7 Å². The van der Waals surface area contributed by atoms with Crippen LogP contribution >= 0.6 is 11.3 Å². The van der Waals surface area contributed by atoms with Gasteiger partial charge in [-0.2, -0.15) is 0 Å². The highest BCUT2D eigenvalue weighted by Gasteiger charge is 2.10. The molecule has 2 aromatic heterocycles. The van der Waals surface area contributed by atoms with Gasteiger partial charge in [0.1, 0.15) is 0 Å². The first-order chi connectivity index (χ1) is 11.4. The van der Waals surface area contributed by atoms with Gasteiger partial charge in [-0.05, 0) is 22.9 Å². The minimum Gasteiger partial charge on any atom is -0.255 e. The number of pyridine rings is 1. The highest BCUT2D eigenvalue weighted by Crippen LogP contribution is 2.37. The van der Waals surface area contributed by atoms with Crippen molar-refractivity contribution in [1.82, 2.24) is 4.98 Å². The van der Waals surface area contributed by atoms with Crippen LogP contribution in [0.1, 0.15) is 0 Å². The van der Waals surface area contributed by atoms with Crippen molar-refractivity contribution >= 4 is 43.1 Å². The molecule has 2 heteroatoms. The third kappa shape index (κ3) is 1.96. The molecule has 0 atom stereocenters. The van der Waals surface area contributed by atoms with Crippen LogP contribution in [0.25, 0.3) is 42.2 Å². The standard InChI is InChI=1S/C21H13NS/c1-3-8-16-15(7-1)13-22-21-17(16)9-5-10-18(21)20-12-14-6-2-4-11-19(14)23-20/h1-13H. The summed E-state index contributed by atoms with van der Waals surface area (Å²) in [6.45, 7) is 0. The average Bonchev–Trinajstić information content (AvgIpc) is 3.05. The lowest BCUT2D eigenvalue weighted by atomic mass is 10.0. The lowest BCUT2D eigenvalue weighted by Gasteiger charge is -2.06. The molecule has 2 heterocycles. The molecule has 0 unspecified atom stereocenters. The molecule has 1 nitrogen and oxygen atoms in total. The normalized spacial score (nSPS) is 11.5. The second-order valence-electron chi connectivity index (χ2n) is 5.70. The largest absolute Gasteiger partial charge is 0.255 e. The van der Waals surface area contributed by atoms with Crippen LogP contribution in [0, 0.1) is 0 Å². The Labute approximate surface area is 137 Å². The van der Waals surface area contributed by atoms with Crippen LogP contribution < -0.4 is 0 Å². The van der Waals surface area contributed by atoms with Crippen molar-refractivity contribution in [3.63, 3.8) is 0 Å². The van der Waals surface area contributed by atoms with Gasteiger partial charge in [-0.25, -0.2) is 0 Å². The van der Waals surface area contributed by atoms with Gasteiger partial charge in [0.2, 0.25) is 0 Å². The monoisotopic (exact) mass is 311 g/mol. The summed E-state index contributed by atoms with van der Waals surface area (Å²) in [4.78, 5) is 6.04. The number of nitrogens with zero attached hydrogens (tertiary/aromatic N) is 1. The van der Waals surface area contributed by atoms with Crippen LogP contribution in [0.3, 0.4) is 0 Å². The van der Waals surface area contributed by atoms with Crippen molar-refractivity contribution in [3.8, 4) is 10.4 Å². The molecule has 0 aliphatic carbocycles. The van der Waals surface area contributed by atoms with E-state index in [2.05, 4.69) is 72.8 Å². The smallest absolute Gasteiger partial charge is 0.0794 e. The summed E-state index contributed by atoms with van der Waals surface area (Å²) >= 11 is 1.83. The van der Waals surface area contributed by atoms with Gasteiger partial charge in [0.25, 0.3) is 0 Å². The van der Waals surface area contributed by atoms with Gasteiger partial charge in [-0.15, -0.1) is 11.3 Å². The van der Waals surface area contributed by atoms with Crippen LogP contribution in [0.4, 0.5) is 0 Å². The number of hydrogen-bond acceptors (Lipinski definition) is 2. The zero-order chi connectivity index (χ0) is 15.2. The molecule has 0 aliphatic heterocycles. The van der Waals surface area contributed by atoms with E-state index >= 15 is 0 Å². The molecule has 0 amide bonds. The van der Waals surface area contributed by atoms with Crippen molar-refractivity contribution in [2.24, 2.45) is 0 Å². The quantitative estimate of drug-likeness (QED) is 0.332. The first-order valence-corrected chi connectivity index (χ1v) is 8.47. The van der Waals surface area contributed by atoms with Gasteiger partial charge < -0.3 is 0 Å². The second-order valence-corrected chi connectivity index (χ2v) is 6.78. The van der Waals surface area contributed by atoms with Gasteiger partial charge in [-0.3, -0.25) is 4.98 Å². The topological polar surface area (TPSA) is 12.9 Å². The lowest BCUT2D eigenvalue weighted by molar-refractivity contribution is 1.45. The molecule has 23 heavy (non-hydrogen) atoms. The molecular weight excluding hydrogens is 298 g/mol. The fraction of sp³-hybridized carbons (Fsp3) is 0. The maximum absolute atomic E-state index is 4.76. The molecule has 0 fully saturated rings. The maximum Gasteiger partial charge on any atom is 0.0794 e. The minimum absolute atomic E-state index is 1.08. The zero-order valence-corrected chi connectivity index (χ0v) is 13.2. The van der Waals surface area contributed by atoms with E-state index in [4.69, 9.17) is 4.98 Å². The molecule has 3 aromatic carbocycles. The molecule has 5 rings (SSSR count). The number of hydrogen-bond donors (Lipinski definition) is 0. The van der Waals surface area contributed by atoms with E-state index in [1.54, 1.807) is 0 Å². The fourth-order valence-electron chi connectivity index (χ4n) is 3.20. The third-order valence-electron chi connectivity index (χ3n) is 4.31. The summed E-state index contributed by atoms with van der Waals surface area (Å²) in [7, 11) is 0.